The van der Waals surface area contributed by atoms with Crippen LogP contribution in [-0.4, -0.2) is 23.3 Å². The van der Waals surface area contributed by atoms with Crippen LogP contribution in [0.5, 0.6) is 11.5 Å². The molecule has 2 atom stereocenters. The second-order valence-corrected chi connectivity index (χ2v) is 13.0. The minimum Gasteiger partial charge on any atom is -0.509 e. The molecule has 9 rings (SSSR count). The number of benzene rings is 4. The number of para-hydroxylation sites is 1. The van der Waals surface area contributed by atoms with E-state index in [9.17, 15) is 0 Å². The van der Waals surface area contributed by atoms with Crippen LogP contribution in [0.15, 0.2) is 91.1 Å². The van der Waals surface area contributed by atoms with Crippen molar-refractivity contribution < 1.29 is 25.8 Å². The van der Waals surface area contributed by atoms with Crippen LogP contribution in [0.4, 0.5) is 17.1 Å². The molecule has 1 fully saturated rings. The van der Waals surface area contributed by atoms with Gasteiger partial charge >= 0.3 is 0 Å². The molecule has 0 aliphatic carbocycles. The van der Waals surface area contributed by atoms with Gasteiger partial charge in [-0.15, -0.1) is 35.2 Å². The summed E-state index contributed by atoms with van der Waals surface area (Å²) in [6.07, 6.45) is 1.83. The van der Waals surface area contributed by atoms with Crippen LogP contribution >= 0.6 is 0 Å². The van der Waals surface area contributed by atoms with Crippen LogP contribution in [0, 0.1) is 25.7 Å². The number of nitrogens with zero attached hydrogens (tertiary/aromatic N) is 4. The Kier molecular flexibility index (Phi) is 6.27. The van der Waals surface area contributed by atoms with Crippen molar-refractivity contribution in [2.75, 3.05) is 13.7 Å². The predicted octanol–water partition coefficient (Wildman–Crippen LogP) is 8.85. The number of pyridine rings is 1. The molecule has 6 aromatic rings. The van der Waals surface area contributed by atoms with E-state index in [0.717, 1.165) is 44.5 Å². The Balaban J connectivity index is 0.00000300. The van der Waals surface area contributed by atoms with Crippen molar-refractivity contribution >= 4 is 38.9 Å². The molecule has 5 nitrogen and oxygen atoms in total. The zero-order valence-electron chi connectivity index (χ0n) is 25.0. The molecule has 0 radical (unpaired) electrons. The molecular formula is C37H33N4OPt-. The number of aromatic nitrogens is 2. The molecule has 0 amide bonds. The van der Waals surface area contributed by atoms with Gasteiger partial charge in [-0.1, -0.05) is 62.7 Å². The number of fused-ring (bicyclic) bond motifs is 3. The molecule has 4 aromatic carbocycles. The topological polar surface area (TPSA) is 27.1 Å². The molecule has 43 heavy (non-hydrogen) atoms. The Morgan fingerprint density at radius 1 is 0.860 bits per heavy atom. The van der Waals surface area contributed by atoms with E-state index in [1.165, 1.54) is 22.5 Å². The summed E-state index contributed by atoms with van der Waals surface area (Å²) in [6, 6.07) is 37.1. The molecule has 0 saturated carbocycles. The zero-order valence-corrected chi connectivity index (χ0v) is 27.2. The zero-order chi connectivity index (χ0) is 28.9. The van der Waals surface area contributed by atoms with Crippen molar-refractivity contribution in [2.45, 2.75) is 33.1 Å². The maximum atomic E-state index is 6.63. The number of hydrogen-bond acceptors (Lipinski definition) is 2. The number of hydrogen-bond donors (Lipinski definition) is 0. The minimum atomic E-state index is -0.0573. The van der Waals surface area contributed by atoms with E-state index in [1.807, 2.05) is 30.5 Å². The molecule has 3 aliphatic heterocycles. The molecule has 1 saturated heterocycles. The van der Waals surface area contributed by atoms with Gasteiger partial charge in [0.2, 0.25) is 0 Å². The van der Waals surface area contributed by atoms with Gasteiger partial charge in [0.15, 0.2) is 18.0 Å². The van der Waals surface area contributed by atoms with Gasteiger partial charge in [0.1, 0.15) is 5.82 Å². The number of quaternary nitrogens is 2. The molecule has 2 bridgehead atoms. The van der Waals surface area contributed by atoms with Gasteiger partial charge in [0.25, 0.3) is 0 Å². The number of ether oxygens (including phenoxy) is 1. The van der Waals surface area contributed by atoms with Gasteiger partial charge in [-0.25, -0.2) is 4.98 Å². The van der Waals surface area contributed by atoms with Gasteiger partial charge in [0.05, 0.1) is 13.7 Å². The average molecular weight is 745 g/mol. The van der Waals surface area contributed by atoms with Gasteiger partial charge < -0.3 is 18.3 Å². The second-order valence-electron chi connectivity index (χ2n) is 13.0. The fourth-order valence-electron chi connectivity index (χ4n) is 6.81. The SMILES string of the molecule is Cc1ccc2c(c1)[N@@+]1(C)[CH-][N@+]2(c2[c-]c(Oc3[c-]c4c(cc3)c3ccccc3n4-c3ccccn3)cc(C(C)(C)C)c2)C1.[Pt]. The van der Waals surface area contributed by atoms with Crippen molar-refractivity contribution in [3.05, 3.63) is 121 Å². The normalized spacial score (nSPS) is 20.5. The first-order valence-electron chi connectivity index (χ1n) is 14.5. The van der Waals surface area contributed by atoms with E-state index in [0.29, 0.717) is 16.0 Å². The van der Waals surface area contributed by atoms with E-state index >= 15 is 0 Å². The summed E-state index contributed by atoms with van der Waals surface area (Å²) in [7, 11) is 2.29. The Bertz CT molecular complexity index is 2030. The number of rotatable bonds is 4. The van der Waals surface area contributed by atoms with Gasteiger partial charge in [-0.2, -0.15) is 6.07 Å². The van der Waals surface area contributed by atoms with Crippen molar-refractivity contribution in [3.63, 3.8) is 0 Å². The van der Waals surface area contributed by atoms with Crippen molar-refractivity contribution in [1.82, 2.24) is 18.5 Å². The molecule has 0 unspecified atom stereocenters. The number of aryl methyl sites for hydroxylation is 1. The Hall–Kier alpha value is -3.76. The van der Waals surface area contributed by atoms with Gasteiger partial charge in [-0.05, 0) is 41.5 Å². The smallest absolute Gasteiger partial charge is 0.179 e. The first-order valence-corrected chi connectivity index (χ1v) is 14.5. The van der Waals surface area contributed by atoms with E-state index in [-0.39, 0.29) is 26.5 Å². The van der Waals surface area contributed by atoms with Gasteiger partial charge in [-0.3, -0.25) is 0 Å². The minimum absolute atomic E-state index is 0. The van der Waals surface area contributed by atoms with Crippen LogP contribution in [-0.2, 0) is 26.5 Å². The summed E-state index contributed by atoms with van der Waals surface area (Å²) in [6.45, 7) is 12.3. The van der Waals surface area contributed by atoms with Crippen LogP contribution < -0.4 is 13.7 Å². The average Bonchev–Trinajstić information content (AvgIpc) is 3.51. The molecule has 6 heteroatoms. The van der Waals surface area contributed by atoms with Gasteiger partial charge in [0, 0.05) is 62.1 Å². The van der Waals surface area contributed by atoms with E-state index in [2.05, 4.69) is 124 Å². The van der Waals surface area contributed by atoms with Crippen molar-refractivity contribution in [3.8, 4) is 17.3 Å². The maximum Gasteiger partial charge on any atom is 0.179 e. The Morgan fingerprint density at radius 2 is 1.65 bits per heavy atom. The van der Waals surface area contributed by atoms with Crippen molar-refractivity contribution in [1.29, 1.82) is 0 Å². The standard InChI is InChI=1S/C37H33N4O.Pt/c1-25-13-16-34-35(18-25)40(5)23-41(34,24-40)27-19-26(37(2,3)4)20-29(21-27)42-28-14-15-31-30-10-6-7-11-32(30)39(33(31)22-28)36-12-8-9-17-38-36;/h6-20,23H,24H2,1-5H3;/q-1;/t40-,41+;/m0./s1. The largest absolute Gasteiger partial charge is 0.509 e. The third-order valence-electron chi connectivity index (χ3n) is 8.86. The first-order chi connectivity index (χ1) is 20.1. The van der Waals surface area contributed by atoms with E-state index < -0.39 is 0 Å². The first kappa shape index (κ1) is 28.0. The molecule has 5 heterocycles. The molecule has 2 aromatic heterocycles. The Labute approximate surface area is 267 Å². The predicted molar refractivity (Wildman–Crippen MR) is 171 cm³/mol. The quantitative estimate of drug-likeness (QED) is 0.133. The van der Waals surface area contributed by atoms with Crippen LogP contribution in [0.2, 0.25) is 0 Å². The summed E-state index contributed by atoms with van der Waals surface area (Å²) in [5.74, 6) is 2.21. The molecule has 0 N–H and O–H groups in total. The summed E-state index contributed by atoms with van der Waals surface area (Å²) < 4.78 is 10.3. The molecule has 3 aliphatic rings. The van der Waals surface area contributed by atoms with E-state index in [1.54, 1.807) is 0 Å². The van der Waals surface area contributed by atoms with Crippen molar-refractivity contribution in [2.24, 2.45) is 0 Å². The summed E-state index contributed by atoms with van der Waals surface area (Å²) >= 11 is 0. The van der Waals surface area contributed by atoms with Crippen LogP contribution in [0.25, 0.3) is 27.6 Å². The molecule has 0 spiro atoms. The van der Waals surface area contributed by atoms with E-state index in [4.69, 9.17) is 4.74 Å². The summed E-state index contributed by atoms with van der Waals surface area (Å²) in [5, 5.41) is 2.28. The third kappa shape index (κ3) is 4.21. The monoisotopic (exact) mass is 744 g/mol. The molecule has 218 valence electrons. The maximum absolute atomic E-state index is 6.63. The van der Waals surface area contributed by atoms with Crippen LogP contribution in [0.3, 0.4) is 0 Å². The third-order valence-corrected chi connectivity index (χ3v) is 8.86. The van der Waals surface area contributed by atoms with Crippen LogP contribution in [0.1, 0.15) is 31.9 Å². The second kappa shape index (κ2) is 9.62. The molecular weight excluding hydrogens is 712 g/mol. The summed E-state index contributed by atoms with van der Waals surface area (Å²) in [5.41, 5.74) is 8.29. The summed E-state index contributed by atoms with van der Waals surface area (Å²) in [4.78, 5) is 4.66. The Morgan fingerprint density at radius 3 is 2.42 bits per heavy atom. The fourth-order valence-corrected chi connectivity index (χ4v) is 6.81. The fraction of sp³-hybridized carbons (Fsp3) is 0.189.